The van der Waals surface area contributed by atoms with E-state index in [0.29, 0.717) is 5.70 Å². The molecule has 1 aromatic rings. The fraction of sp³-hybridized carbons (Fsp3) is 0.188. The topological polar surface area (TPSA) is 43.1 Å². The standard InChI is InChI=1S/C16H19NO/c1-4-5-16(17)11-6-12(2)14-7-9-15(10-8-14)13(3)18/h4-12H,1,17H2,2-3H3/b11-6-,16-5+. The van der Waals surface area contributed by atoms with E-state index in [1.807, 2.05) is 36.4 Å². The van der Waals surface area contributed by atoms with Crippen molar-refractivity contribution < 1.29 is 4.79 Å². The zero-order valence-electron chi connectivity index (χ0n) is 10.9. The number of carbonyl (C=O) groups is 1. The number of ketones is 1. The average Bonchev–Trinajstić information content (AvgIpc) is 2.36. The molecule has 0 saturated heterocycles. The van der Waals surface area contributed by atoms with Gasteiger partial charge in [0.05, 0.1) is 0 Å². The molecule has 0 fully saturated rings. The molecule has 2 heteroatoms. The molecule has 0 spiro atoms. The number of Topliss-reactive ketones (excluding diaryl/α,β-unsaturated/α-hetero) is 1. The van der Waals surface area contributed by atoms with Gasteiger partial charge in [-0.1, -0.05) is 49.9 Å². The van der Waals surface area contributed by atoms with Crippen LogP contribution in [0.25, 0.3) is 0 Å². The highest BCUT2D eigenvalue weighted by atomic mass is 16.1. The van der Waals surface area contributed by atoms with Crippen LogP contribution in [-0.2, 0) is 0 Å². The number of benzene rings is 1. The van der Waals surface area contributed by atoms with Crippen molar-refractivity contribution in [3.8, 4) is 0 Å². The maximum atomic E-state index is 11.2. The van der Waals surface area contributed by atoms with Gasteiger partial charge in [0.1, 0.15) is 0 Å². The molecule has 0 aliphatic rings. The van der Waals surface area contributed by atoms with E-state index in [2.05, 4.69) is 13.5 Å². The lowest BCUT2D eigenvalue weighted by molar-refractivity contribution is 0.101. The van der Waals surface area contributed by atoms with Crippen LogP contribution in [0, 0.1) is 0 Å². The normalized spacial score (nSPS) is 13.6. The van der Waals surface area contributed by atoms with Crippen molar-refractivity contribution in [2.75, 3.05) is 0 Å². The van der Waals surface area contributed by atoms with E-state index in [-0.39, 0.29) is 11.7 Å². The van der Waals surface area contributed by atoms with Gasteiger partial charge >= 0.3 is 0 Å². The van der Waals surface area contributed by atoms with Crippen LogP contribution >= 0.6 is 0 Å². The molecule has 1 rings (SSSR count). The van der Waals surface area contributed by atoms with Crippen LogP contribution in [0.15, 0.2) is 60.8 Å². The van der Waals surface area contributed by atoms with E-state index in [0.717, 1.165) is 11.1 Å². The summed E-state index contributed by atoms with van der Waals surface area (Å²) in [5.74, 6) is 0.339. The van der Waals surface area contributed by atoms with Crippen LogP contribution in [0.4, 0.5) is 0 Å². The van der Waals surface area contributed by atoms with Crippen LogP contribution in [0.2, 0.25) is 0 Å². The first-order valence-electron chi connectivity index (χ1n) is 5.92. The Hall–Kier alpha value is -2.09. The fourth-order valence-electron chi connectivity index (χ4n) is 1.58. The van der Waals surface area contributed by atoms with E-state index >= 15 is 0 Å². The lowest BCUT2D eigenvalue weighted by atomic mass is 9.98. The number of nitrogens with two attached hydrogens (primary N) is 1. The maximum absolute atomic E-state index is 11.2. The van der Waals surface area contributed by atoms with Crippen LogP contribution in [0.5, 0.6) is 0 Å². The van der Waals surface area contributed by atoms with Crippen LogP contribution in [0.3, 0.4) is 0 Å². The Morgan fingerprint density at radius 1 is 1.33 bits per heavy atom. The van der Waals surface area contributed by atoms with Gasteiger partial charge in [-0.3, -0.25) is 4.79 Å². The van der Waals surface area contributed by atoms with Gasteiger partial charge in [-0.2, -0.15) is 0 Å². The third-order valence-corrected chi connectivity index (χ3v) is 2.73. The Morgan fingerprint density at radius 3 is 2.44 bits per heavy atom. The molecule has 0 bridgehead atoms. The molecule has 2 N–H and O–H groups in total. The van der Waals surface area contributed by atoms with E-state index in [4.69, 9.17) is 5.73 Å². The molecule has 0 amide bonds. The number of carbonyl (C=O) groups excluding carboxylic acids is 1. The van der Waals surface area contributed by atoms with Crippen molar-refractivity contribution in [2.24, 2.45) is 5.73 Å². The predicted octanol–water partition coefficient (Wildman–Crippen LogP) is 3.58. The van der Waals surface area contributed by atoms with Crippen molar-refractivity contribution in [1.29, 1.82) is 0 Å². The summed E-state index contributed by atoms with van der Waals surface area (Å²) in [4.78, 5) is 11.2. The molecular formula is C16H19NO. The van der Waals surface area contributed by atoms with Gasteiger partial charge < -0.3 is 5.73 Å². The van der Waals surface area contributed by atoms with Crippen LogP contribution < -0.4 is 5.73 Å². The monoisotopic (exact) mass is 241 g/mol. The Labute approximate surface area is 109 Å². The molecule has 2 nitrogen and oxygen atoms in total. The zero-order valence-corrected chi connectivity index (χ0v) is 10.9. The molecule has 0 heterocycles. The highest BCUT2D eigenvalue weighted by Gasteiger charge is 2.03. The molecule has 0 aliphatic carbocycles. The molecule has 18 heavy (non-hydrogen) atoms. The summed E-state index contributed by atoms with van der Waals surface area (Å²) in [7, 11) is 0. The second-order valence-electron chi connectivity index (χ2n) is 4.23. The van der Waals surface area contributed by atoms with Gasteiger partial charge in [0.15, 0.2) is 5.78 Å². The van der Waals surface area contributed by atoms with Gasteiger partial charge in [0.25, 0.3) is 0 Å². The van der Waals surface area contributed by atoms with Gasteiger partial charge in [-0.05, 0) is 30.6 Å². The summed E-state index contributed by atoms with van der Waals surface area (Å²) in [6.45, 7) is 7.24. The minimum Gasteiger partial charge on any atom is -0.399 e. The molecule has 0 saturated carbocycles. The highest BCUT2D eigenvalue weighted by molar-refractivity contribution is 5.94. The van der Waals surface area contributed by atoms with Crippen molar-refractivity contribution >= 4 is 5.78 Å². The predicted molar refractivity (Wildman–Crippen MR) is 76.5 cm³/mol. The number of rotatable bonds is 5. The number of hydrogen-bond donors (Lipinski definition) is 1. The first kappa shape index (κ1) is 14.0. The minimum atomic E-state index is 0.0860. The van der Waals surface area contributed by atoms with E-state index in [1.54, 1.807) is 19.1 Å². The molecule has 0 aliphatic heterocycles. The van der Waals surface area contributed by atoms with Gasteiger partial charge in [-0.25, -0.2) is 0 Å². The second-order valence-corrected chi connectivity index (χ2v) is 4.23. The summed E-state index contributed by atoms with van der Waals surface area (Å²) < 4.78 is 0. The van der Waals surface area contributed by atoms with Gasteiger partial charge in [0, 0.05) is 11.3 Å². The molecule has 0 radical (unpaired) electrons. The van der Waals surface area contributed by atoms with Gasteiger partial charge in [0.2, 0.25) is 0 Å². The molecule has 0 aromatic heterocycles. The summed E-state index contributed by atoms with van der Waals surface area (Å²) in [5.41, 5.74) is 8.30. The summed E-state index contributed by atoms with van der Waals surface area (Å²) in [6, 6.07) is 7.65. The molecule has 1 atom stereocenters. The third kappa shape index (κ3) is 4.06. The number of hydrogen-bond acceptors (Lipinski definition) is 2. The summed E-state index contributed by atoms with van der Waals surface area (Å²) in [5, 5.41) is 0. The van der Waals surface area contributed by atoms with Gasteiger partial charge in [-0.15, -0.1) is 0 Å². The fourth-order valence-corrected chi connectivity index (χ4v) is 1.58. The summed E-state index contributed by atoms with van der Waals surface area (Å²) >= 11 is 0. The molecule has 1 unspecified atom stereocenters. The highest BCUT2D eigenvalue weighted by Crippen LogP contribution is 2.17. The quantitative estimate of drug-likeness (QED) is 0.632. The Kier molecular flexibility index (Phi) is 5.12. The average molecular weight is 241 g/mol. The number of allylic oxidation sites excluding steroid dienone is 4. The van der Waals surface area contributed by atoms with Crippen molar-refractivity contribution in [3.05, 3.63) is 72.0 Å². The first-order chi connectivity index (χ1) is 8.54. The van der Waals surface area contributed by atoms with Crippen molar-refractivity contribution in [1.82, 2.24) is 0 Å². The zero-order chi connectivity index (χ0) is 13.5. The Bertz CT molecular complexity index is 480. The van der Waals surface area contributed by atoms with Crippen molar-refractivity contribution in [3.63, 3.8) is 0 Å². The van der Waals surface area contributed by atoms with Crippen molar-refractivity contribution in [2.45, 2.75) is 19.8 Å². The second kappa shape index (κ2) is 6.60. The first-order valence-corrected chi connectivity index (χ1v) is 5.92. The smallest absolute Gasteiger partial charge is 0.159 e. The molecule has 94 valence electrons. The summed E-state index contributed by atoms with van der Waals surface area (Å²) in [6.07, 6.45) is 7.30. The van der Waals surface area contributed by atoms with E-state index < -0.39 is 0 Å². The minimum absolute atomic E-state index is 0.0860. The lowest BCUT2D eigenvalue weighted by Crippen LogP contribution is -1.96. The SMILES string of the molecule is C=C/C=C(N)\C=C/C(C)c1ccc(C(C)=O)cc1. The molecular weight excluding hydrogens is 222 g/mol. The van der Waals surface area contributed by atoms with E-state index in [9.17, 15) is 4.79 Å². The Morgan fingerprint density at radius 2 is 1.94 bits per heavy atom. The maximum Gasteiger partial charge on any atom is 0.159 e. The van der Waals surface area contributed by atoms with Crippen LogP contribution in [-0.4, -0.2) is 5.78 Å². The van der Waals surface area contributed by atoms with Crippen LogP contribution in [0.1, 0.15) is 35.7 Å². The Balaban J connectivity index is 2.78. The molecule has 1 aromatic carbocycles. The largest absolute Gasteiger partial charge is 0.399 e. The third-order valence-electron chi connectivity index (χ3n) is 2.73. The lowest BCUT2D eigenvalue weighted by Gasteiger charge is -2.07. The van der Waals surface area contributed by atoms with E-state index in [1.165, 1.54) is 0 Å².